The van der Waals surface area contributed by atoms with Crippen LogP contribution in [0.4, 0.5) is 0 Å². The van der Waals surface area contributed by atoms with Gasteiger partial charge in [-0.05, 0) is 37.6 Å². The van der Waals surface area contributed by atoms with Crippen LogP contribution in [0.2, 0.25) is 0 Å². The number of rotatable bonds is 7. The molecule has 0 saturated carbocycles. The molecule has 0 unspecified atom stereocenters. The van der Waals surface area contributed by atoms with Gasteiger partial charge >= 0.3 is 0 Å². The predicted molar refractivity (Wildman–Crippen MR) is 59.7 cm³/mol. The lowest BCUT2D eigenvalue weighted by molar-refractivity contribution is 0.334. The van der Waals surface area contributed by atoms with Crippen molar-refractivity contribution in [2.24, 2.45) is 0 Å². The highest BCUT2D eigenvalue weighted by atomic mass is 32.2. The van der Waals surface area contributed by atoms with E-state index in [-0.39, 0.29) is 0 Å². The summed E-state index contributed by atoms with van der Waals surface area (Å²) in [5.41, 5.74) is 0. The number of nitrogens with zero attached hydrogens (tertiary/aromatic N) is 1. The van der Waals surface area contributed by atoms with E-state index in [9.17, 15) is 0 Å². The SMILES string of the molecule is C=C(CCN(C)CCCC)SC. The van der Waals surface area contributed by atoms with E-state index in [0.29, 0.717) is 0 Å². The first-order valence-corrected chi connectivity index (χ1v) is 5.83. The molecule has 0 aliphatic heterocycles. The fourth-order valence-corrected chi connectivity index (χ4v) is 1.25. The summed E-state index contributed by atoms with van der Waals surface area (Å²) in [6.07, 6.45) is 5.81. The molecule has 0 aromatic carbocycles. The van der Waals surface area contributed by atoms with E-state index in [2.05, 4.69) is 31.7 Å². The average Bonchev–Trinajstić information content (AvgIpc) is 2.10. The topological polar surface area (TPSA) is 3.24 Å². The van der Waals surface area contributed by atoms with Crippen molar-refractivity contribution in [3.63, 3.8) is 0 Å². The summed E-state index contributed by atoms with van der Waals surface area (Å²) in [5, 5.41) is 0. The van der Waals surface area contributed by atoms with Gasteiger partial charge < -0.3 is 4.90 Å². The molecule has 0 aliphatic rings. The fraction of sp³-hybridized carbons (Fsp3) is 0.800. The highest BCUT2D eigenvalue weighted by molar-refractivity contribution is 8.02. The summed E-state index contributed by atoms with van der Waals surface area (Å²) in [6.45, 7) is 8.57. The Balaban J connectivity index is 3.30. The van der Waals surface area contributed by atoms with E-state index in [1.807, 2.05) is 0 Å². The van der Waals surface area contributed by atoms with Gasteiger partial charge in [0.25, 0.3) is 0 Å². The molecule has 0 amide bonds. The maximum Gasteiger partial charge on any atom is 0.00236 e. The Morgan fingerprint density at radius 3 is 2.58 bits per heavy atom. The molecule has 12 heavy (non-hydrogen) atoms. The Hall–Kier alpha value is 0.0500. The van der Waals surface area contributed by atoms with Gasteiger partial charge in [0.05, 0.1) is 0 Å². The highest BCUT2D eigenvalue weighted by Gasteiger charge is 1.97. The minimum absolute atomic E-state index is 1.13. The minimum atomic E-state index is 1.13. The molecule has 1 nitrogen and oxygen atoms in total. The molecule has 0 heterocycles. The normalized spacial score (nSPS) is 10.7. The summed E-state index contributed by atoms with van der Waals surface area (Å²) in [4.78, 5) is 3.67. The molecule has 0 rings (SSSR count). The Labute approximate surface area is 81.2 Å². The Morgan fingerprint density at radius 2 is 2.08 bits per heavy atom. The first-order chi connectivity index (χ1) is 5.70. The van der Waals surface area contributed by atoms with Gasteiger partial charge in [-0.25, -0.2) is 0 Å². The third kappa shape index (κ3) is 6.74. The number of unbranched alkanes of at least 4 members (excludes halogenated alkanes) is 1. The van der Waals surface area contributed by atoms with E-state index in [1.54, 1.807) is 11.8 Å². The van der Waals surface area contributed by atoms with E-state index >= 15 is 0 Å². The van der Waals surface area contributed by atoms with Crippen molar-refractivity contribution in [1.82, 2.24) is 4.90 Å². The number of thioether (sulfide) groups is 1. The minimum Gasteiger partial charge on any atom is -0.306 e. The van der Waals surface area contributed by atoms with Gasteiger partial charge in [-0.3, -0.25) is 0 Å². The largest absolute Gasteiger partial charge is 0.306 e. The monoisotopic (exact) mass is 187 g/mol. The number of hydrogen-bond acceptors (Lipinski definition) is 2. The predicted octanol–water partition coefficient (Wildman–Crippen LogP) is 2.99. The molecular weight excluding hydrogens is 166 g/mol. The molecule has 0 radical (unpaired) electrons. The van der Waals surface area contributed by atoms with Gasteiger partial charge in [-0.2, -0.15) is 0 Å². The van der Waals surface area contributed by atoms with Crippen LogP contribution in [0.25, 0.3) is 0 Å². The van der Waals surface area contributed by atoms with Crippen LogP contribution >= 0.6 is 11.8 Å². The fourth-order valence-electron chi connectivity index (χ4n) is 0.957. The molecular formula is C10H21NS. The second-order valence-electron chi connectivity index (χ2n) is 3.15. The summed E-state index contributed by atoms with van der Waals surface area (Å²) in [6, 6.07) is 0. The van der Waals surface area contributed by atoms with Crippen molar-refractivity contribution in [2.45, 2.75) is 26.2 Å². The summed E-state index contributed by atoms with van der Waals surface area (Å²) in [7, 11) is 2.18. The summed E-state index contributed by atoms with van der Waals surface area (Å²) in [5.74, 6) is 0. The van der Waals surface area contributed by atoms with Crippen LogP contribution in [-0.4, -0.2) is 31.3 Å². The number of hydrogen-bond donors (Lipinski definition) is 0. The van der Waals surface area contributed by atoms with Crippen LogP contribution in [0.1, 0.15) is 26.2 Å². The summed E-state index contributed by atoms with van der Waals surface area (Å²) < 4.78 is 0. The molecule has 0 aromatic rings. The molecule has 72 valence electrons. The Morgan fingerprint density at radius 1 is 1.42 bits per heavy atom. The molecule has 0 saturated heterocycles. The van der Waals surface area contributed by atoms with Crippen LogP contribution in [0.3, 0.4) is 0 Å². The zero-order chi connectivity index (χ0) is 9.40. The second kappa shape index (κ2) is 7.69. The van der Waals surface area contributed by atoms with Crippen molar-refractivity contribution >= 4 is 11.8 Å². The molecule has 2 heteroatoms. The smallest absolute Gasteiger partial charge is 0.00236 e. The van der Waals surface area contributed by atoms with Gasteiger partial charge in [-0.1, -0.05) is 19.9 Å². The molecule has 0 N–H and O–H groups in total. The lowest BCUT2D eigenvalue weighted by atomic mass is 10.3. The maximum atomic E-state index is 3.96. The Bertz CT molecular complexity index is 123. The van der Waals surface area contributed by atoms with Gasteiger partial charge in [-0.15, -0.1) is 11.8 Å². The van der Waals surface area contributed by atoms with E-state index in [0.717, 1.165) is 13.0 Å². The molecule has 0 aromatic heterocycles. The van der Waals surface area contributed by atoms with Crippen LogP contribution < -0.4 is 0 Å². The lowest BCUT2D eigenvalue weighted by Gasteiger charge is -2.15. The van der Waals surface area contributed by atoms with Crippen molar-refractivity contribution in [3.8, 4) is 0 Å². The van der Waals surface area contributed by atoms with Crippen LogP contribution in [0.5, 0.6) is 0 Å². The molecule has 0 aliphatic carbocycles. The molecule has 0 bridgehead atoms. The molecule has 0 atom stereocenters. The van der Waals surface area contributed by atoms with Crippen molar-refractivity contribution in [3.05, 3.63) is 11.5 Å². The zero-order valence-corrected chi connectivity index (χ0v) is 9.41. The van der Waals surface area contributed by atoms with Crippen molar-refractivity contribution in [2.75, 3.05) is 26.4 Å². The van der Waals surface area contributed by atoms with Gasteiger partial charge in [0, 0.05) is 6.54 Å². The lowest BCUT2D eigenvalue weighted by Crippen LogP contribution is -2.20. The van der Waals surface area contributed by atoms with E-state index in [1.165, 1.54) is 24.3 Å². The van der Waals surface area contributed by atoms with Crippen molar-refractivity contribution in [1.29, 1.82) is 0 Å². The zero-order valence-electron chi connectivity index (χ0n) is 8.60. The third-order valence-corrected chi connectivity index (χ3v) is 2.74. The van der Waals surface area contributed by atoms with Gasteiger partial charge in [0.2, 0.25) is 0 Å². The quantitative estimate of drug-likeness (QED) is 0.603. The first-order valence-electron chi connectivity index (χ1n) is 4.61. The second-order valence-corrected chi connectivity index (χ2v) is 4.14. The highest BCUT2D eigenvalue weighted by Crippen LogP contribution is 2.12. The third-order valence-electron chi connectivity index (χ3n) is 1.95. The van der Waals surface area contributed by atoms with Crippen LogP contribution in [-0.2, 0) is 0 Å². The first kappa shape index (κ1) is 12.0. The Kier molecular flexibility index (Phi) is 7.72. The molecule has 0 spiro atoms. The van der Waals surface area contributed by atoms with Crippen LogP contribution in [0, 0.1) is 0 Å². The van der Waals surface area contributed by atoms with Crippen LogP contribution in [0.15, 0.2) is 11.5 Å². The average molecular weight is 187 g/mol. The standard InChI is InChI=1S/C10H21NS/c1-5-6-8-11(3)9-7-10(2)12-4/h2,5-9H2,1,3-4H3. The van der Waals surface area contributed by atoms with E-state index < -0.39 is 0 Å². The van der Waals surface area contributed by atoms with Gasteiger partial charge in [0.1, 0.15) is 0 Å². The maximum absolute atomic E-state index is 3.96. The van der Waals surface area contributed by atoms with E-state index in [4.69, 9.17) is 0 Å². The summed E-state index contributed by atoms with van der Waals surface area (Å²) >= 11 is 1.77. The van der Waals surface area contributed by atoms with Gasteiger partial charge in [0.15, 0.2) is 0 Å². The molecule has 0 fully saturated rings. The van der Waals surface area contributed by atoms with Crippen molar-refractivity contribution < 1.29 is 0 Å².